The zero-order chi connectivity index (χ0) is 15.9. The summed E-state index contributed by atoms with van der Waals surface area (Å²) in [5.74, 6) is -0.714. The maximum Gasteiger partial charge on any atom is 0.311 e. The Morgan fingerprint density at radius 2 is 2.36 bits per heavy atom. The number of carbonyl (C=O) groups is 1. The molecular formula is C16H18N2O3S. The average molecular weight is 318 g/mol. The van der Waals surface area contributed by atoms with Crippen LogP contribution in [0.2, 0.25) is 0 Å². The Balaban J connectivity index is 2.36. The molecule has 1 unspecified atom stereocenters. The van der Waals surface area contributed by atoms with Gasteiger partial charge in [-0.05, 0) is 24.8 Å². The topological polar surface area (TPSA) is 72.2 Å². The Morgan fingerprint density at radius 3 is 3.00 bits per heavy atom. The van der Waals surface area contributed by atoms with E-state index in [1.807, 2.05) is 6.92 Å². The zero-order valence-corrected chi connectivity index (χ0v) is 13.3. The van der Waals surface area contributed by atoms with Crippen LogP contribution in [-0.4, -0.2) is 20.6 Å². The summed E-state index contributed by atoms with van der Waals surface area (Å²) >= 11 is 1.48. The molecule has 0 saturated carbocycles. The van der Waals surface area contributed by atoms with Crippen LogP contribution in [0.3, 0.4) is 0 Å². The summed E-state index contributed by atoms with van der Waals surface area (Å²) in [6, 6.07) is 0. The van der Waals surface area contributed by atoms with Crippen molar-refractivity contribution in [2.45, 2.75) is 45.1 Å². The third kappa shape index (κ3) is 2.18. The summed E-state index contributed by atoms with van der Waals surface area (Å²) in [6.45, 7) is 6.05. The van der Waals surface area contributed by atoms with Crippen LogP contribution >= 0.6 is 11.3 Å². The summed E-state index contributed by atoms with van der Waals surface area (Å²) in [4.78, 5) is 30.8. The van der Waals surface area contributed by atoms with Crippen LogP contribution < -0.4 is 5.56 Å². The number of fused-ring (bicyclic) bond motifs is 3. The summed E-state index contributed by atoms with van der Waals surface area (Å²) in [5, 5.41) is 9.99. The number of aromatic nitrogens is 2. The highest BCUT2D eigenvalue weighted by molar-refractivity contribution is 7.18. The van der Waals surface area contributed by atoms with Crippen molar-refractivity contribution in [3.63, 3.8) is 0 Å². The van der Waals surface area contributed by atoms with E-state index in [0.29, 0.717) is 35.2 Å². The molecule has 116 valence electrons. The molecular weight excluding hydrogens is 300 g/mol. The fourth-order valence-corrected chi connectivity index (χ4v) is 4.48. The van der Waals surface area contributed by atoms with Gasteiger partial charge in [0.15, 0.2) is 0 Å². The first kappa shape index (κ1) is 15.0. The number of allylic oxidation sites excluding steroid dienone is 1. The molecule has 0 aliphatic heterocycles. The predicted molar refractivity (Wildman–Crippen MR) is 86.8 cm³/mol. The van der Waals surface area contributed by atoms with Crippen molar-refractivity contribution in [2.75, 3.05) is 0 Å². The second-order valence-electron chi connectivity index (χ2n) is 5.49. The van der Waals surface area contributed by atoms with Crippen molar-refractivity contribution in [1.29, 1.82) is 0 Å². The molecule has 5 nitrogen and oxygen atoms in total. The van der Waals surface area contributed by atoms with E-state index in [1.54, 1.807) is 10.6 Å². The minimum absolute atomic E-state index is 0.132. The van der Waals surface area contributed by atoms with E-state index < -0.39 is 11.9 Å². The Hall–Kier alpha value is -1.95. The minimum Gasteiger partial charge on any atom is -0.481 e. The van der Waals surface area contributed by atoms with Gasteiger partial charge in [0.05, 0.1) is 11.3 Å². The van der Waals surface area contributed by atoms with Gasteiger partial charge in [0.25, 0.3) is 5.56 Å². The molecule has 2 aromatic heterocycles. The number of aryl methyl sites for hydroxylation is 2. The number of rotatable bonds is 4. The molecule has 0 fully saturated rings. The Bertz CT molecular complexity index is 819. The molecule has 0 spiro atoms. The van der Waals surface area contributed by atoms with Gasteiger partial charge in [0.2, 0.25) is 0 Å². The van der Waals surface area contributed by atoms with Gasteiger partial charge < -0.3 is 5.11 Å². The molecule has 1 aliphatic rings. The summed E-state index contributed by atoms with van der Waals surface area (Å²) < 4.78 is 1.61. The molecule has 0 aromatic carbocycles. The van der Waals surface area contributed by atoms with Crippen molar-refractivity contribution in [3.8, 4) is 0 Å². The highest BCUT2D eigenvalue weighted by Gasteiger charge is 2.32. The highest BCUT2D eigenvalue weighted by atomic mass is 32.1. The largest absolute Gasteiger partial charge is 0.481 e. The summed E-state index contributed by atoms with van der Waals surface area (Å²) in [5.41, 5.74) is 0.573. The van der Waals surface area contributed by atoms with E-state index in [1.165, 1.54) is 11.3 Å². The molecule has 2 aromatic rings. The molecule has 3 rings (SSSR count). The quantitative estimate of drug-likeness (QED) is 0.880. The Labute approximate surface area is 131 Å². The number of hydrogen-bond donors (Lipinski definition) is 1. The van der Waals surface area contributed by atoms with Gasteiger partial charge in [0, 0.05) is 17.8 Å². The second-order valence-corrected chi connectivity index (χ2v) is 6.57. The number of nitrogens with zero attached hydrogens (tertiary/aromatic N) is 2. The Kier molecular flexibility index (Phi) is 3.87. The fourth-order valence-electron chi connectivity index (χ4n) is 3.19. The maximum absolute atomic E-state index is 12.9. The van der Waals surface area contributed by atoms with Crippen LogP contribution in [0.1, 0.15) is 41.9 Å². The smallest absolute Gasteiger partial charge is 0.311 e. The number of aliphatic carboxylic acids is 1. The van der Waals surface area contributed by atoms with Gasteiger partial charge in [-0.3, -0.25) is 14.2 Å². The monoisotopic (exact) mass is 318 g/mol. The van der Waals surface area contributed by atoms with Crippen molar-refractivity contribution in [3.05, 3.63) is 39.3 Å². The van der Waals surface area contributed by atoms with E-state index in [-0.39, 0.29) is 5.56 Å². The molecule has 2 heterocycles. The average Bonchev–Trinajstić information content (AvgIpc) is 2.88. The number of thiophene rings is 1. The highest BCUT2D eigenvalue weighted by Crippen LogP contribution is 2.40. The zero-order valence-electron chi connectivity index (χ0n) is 12.5. The fraction of sp³-hybridized carbons (Fsp3) is 0.438. The SMILES string of the molecule is C=CCn1c(CC)nc2sc3c(c2c1=O)C(C(=O)O)CCC3. The first-order valence-corrected chi connectivity index (χ1v) is 8.28. The van der Waals surface area contributed by atoms with Crippen molar-refractivity contribution in [2.24, 2.45) is 0 Å². The van der Waals surface area contributed by atoms with Gasteiger partial charge in [-0.1, -0.05) is 13.0 Å². The molecule has 6 heteroatoms. The molecule has 1 N–H and O–H groups in total. The third-order valence-corrected chi connectivity index (χ3v) is 5.33. The van der Waals surface area contributed by atoms with Crippen LogP contribution in [0.4, 0.5) is 0 Å². The molecule has 1 aliphatic carbocycles. The van der Waals surface area contributed by atoms with Crippen LogP contribution in [0.5, 0.6) is 0 Å². The number of hydrogen-bond acceptors (Lipinski definition) is 4. The van der Waals surface area contributed by atoms with Crippen LogP contribution in [0.25, 0.3) is 10.2 Å². The lowest BCUT2D eigenvalue weighted by Gasteiger charge is -2.19. The lowest BCUT2D eigenvalue weighted by atomic mass is 9.86. The lowest BCUT2D eigenvalue weighted by molar-refractivity contribution is -0.139. The van der Waals surface area contributed by atoms with Gasteiger partial charge in [-0.2, -0.15) is 0 Å². The van der Waals surface area contributed by atoms with E-state index in [4.69, 9.17) is 0 Å². The number of carboxylic acids is 1. The molecule has 0 bridgehead atoms. The van der Waals surface area contributed by atoms with E-state index in [2.05, 4.69) is 11.6 Å². The van der Waals surface area contributed by atoms with Gasteiger partial charge in [-0.25, -0.2) is 4.98 Å². The first-order valence-electron chi connectivity index (χ1n) is 7.47. The summed E-state index contributed by atoms with van der Waals surface area (Å²) in [7, 11) is 0. The van der Waals surface area contributed by atoms with Crippen molar-refractivity contribution < 1.29 is 9.90 Å². The number of carboxylic acid groups (broad SMARTS) is 1. The Morgan fingerprint density at radius 1 is 1.59 bits per heavy atom. The molecule has 0 amide bonds. The molecule has 22 heavy (non-hydrogen) atoms. The van der Waals surface area contributed by atoms with Crippen LogP contribution in [0.15, 0.2) is 17.4 Å². The lowest BCUT2D eigenvalue weighted by Crippen LogP contribution is -2.26. The van der Waals surface area contributed by atoms with E-state index >= 15 is 0 Å². The predicted octanol–water partition coefficient (Wildman–Crippen LogP) is 2.71. The molecule has 1 atom stereocenters. The van der Waals surface area contributed by atoms with Crippen LogP contribution in [0, 0.1) is 0 Å². The standard InChI is InChI=1S/C16H18N2O3S/c1-3-8-18-11(4-2)17-14-13(15(18)19)12-9(16(20)21)6-5-7-10(12)22-14/h3,9H,1,4-8H2,2H3,(H,20,21). The van der Waals surface area contributed by atoms with Crippen molar-refractivity contribution >= 4 is 27.5 Å². The maximum atomic E-state index is 12.9. The normalized spacial score (nSPS) is 17.4. The van der Waals surface area contributed by atoms with E-state index in [9.17, 15) is 14.7 Å². The van der Waals surface area contributed by atoms with Crippen LogP contribution in [-0.2, 0) is 24.2 Å². The molecule has 0 radical (unpaired) electrons. The minimum atomic E-state index is -0.852. The van der Waals surface area contributed by atoms with E-state index in [0.717, 1.165) is 23.5 Å². The van der Waals surface area contributed by atoms with Crippen molar-refractivity contribution in [1.82, 2.24) is 9.55 Å². The van der Waals surface area contributed by atoms with Gasteiger partial charge in [-0.15, -0.1) is 17.9 Å². The second kappa shape index (κ2) is 5.68. The molecule has 0 saturated heterocycles. The third-order valence-electron chi connectivity index (χ3n) is 4.18. The van der Waals surface area contributed by atoms with Gasteiger partial charge in [0.1, 0.15) is 10.7 Å². The van der Waals surface area contributed by atoms with Gasteiger partial charge >= 0.3 is 5.97 Å². The first-order chi connectivity index (χ1) is 10.6. The summed E-state index contributed by atoms with van der Waals surface area (Å²) in [6.07, 6.45) is 4.59.